The SMILES string of the molecule is CC(=O)N1CCC2(CCN(Cc3nc(C)no3)C[C@H]2CO)CC1. The smallest absolute Gasteiger partial charge is 0.240 e. The van der Waals surface area contributed by atoms with E-state index in [0.717, 1.165) is 45.4 Å². The number of hydrogen-bond acceptors (Lipinski definition) is 6. The van der Waals surface area contributed by atoms with Crippen LogP contribution in [0.15, 0.2) is 4.52 Å². The summed E-state index contributed by atoms with van der Waals surface area (Å²) in [6.45, 7) is 7.74. The molecule has 3 rings (SSSR count). The summed E-state index contributed by atoms with van der Waals surface area (Å²) in [5.74, 6) is 1.70. The first-order valence-corrected chi connectivity index (χ1v) is 8.40. The Balaban J connectivity index is 1.62. The first-order valence-electron chi connectivity index (χ1n) is 8.40. The minimum absolute atomic E-state index is 0.157. The van der Waals surface area contributed by atoms with E-state index in [-0.39, 0.29) is 23.8 Å². The van der Waals surface area contributed by atoms with E-state index in [0.29, 0.717) is 18.3 Å². The Labute approximate surface area is 136 Å². The Morgan fingerprint density at radius 1 is 1.35 bits per heavy atom. The van der Waals surface area contributed by atoms with Crippen molar-refractivity contribution in [1.82, 2.24) is 19.9 Å². The third-order valence-electron chi connectivity index (χ3n) is 5.62. The number of hydrogen-bond donors (Lipinski definition) is 1. The first-order chi connectivity index (χ1) is 11.0. The van der Waals surface area contributed by atoms with Gasteiger partial charge in [-0.05, 0) is 38.1 Å². The van der Waals surface area contributed by atoms with Gasteiger partial charge in [-0.25, -0.2) is 0 Å². The Morgan fingerprint density at radius 2 is 2.04 bits per heavy atom. The highest BCUT2D eigenvalue weighted by Gasteiger charge is 2.44. The fourth-order valence-electron chi connectivity index (χ4n) is 4.10. The summed E-state index contributed by atoms with van der Waals surface area (Å²) in [7, 11) is 0. The lowest BCUT2D eigenvalue weighted by Crippen LogP contribution is -2.53. The Kier molecular flexibility index (Phi) is 4.68. The van der Waals surface area contributed by atoms with Crippen molar-refractivity contribution in [3.8, 4) is 0 Å². The van der Waals surface area contributed by atoms with Crippen LogP contribution in [0.25, 0.3) is 0 Å². The van der Waals surface area contributed by atoms with Gasteiger partial charge in [0.15, 0.2) is 5.82 Å². The van der Waals surface area contributed by atoms with Gasteiger partial charge in [0.1, 0.15) is 0 Å². The lowest BCUT2D eigenvalue weighted by molar-refractivity contribution is -0.133. The molecule has 7 nitrogen and oxygen atoms in total. The molecule has 0 aliphatic carbocycles. The topological polar surface area (TPSA) is 82.7 Å². The number of amides is 1. The van der Waals surface area contributed by atoms with E-state index >= 15 is 0 Å². The van der Waals surface area contributed by atoms with E-state index in [1.807, 2.05) is 11.8 Å². The van der Waals surface area contributed by atoms with Gasteiger partial charge < -0.3 is 14.5 Å². The molecule has 1 atom stereocenters. The molecular formula is C16H26N4O3. The van der Waals surface area contributed by atoms with Crippen LogP contribution in [0.3, 0.4) is 0 Å². The normalized spacial score (nSPS) is 25.0. The summed E-state index contributed by atoms with van der Waals surface area (Å²) >= 11 is 0. The van der Waals surface area contributed by atoms with Gasteiger partial charge in [-0.3, -0.25) is 9.69 Å². The van der Waals surface area contributed by atoms with Crippen LogP contribution < -0.4 is 0 Å². The molecule has 0 radical (unpaired) electrons. The third kappa shape index (κ3) is 3.40. The molecule has 0 saturated carbocycles. The molecule has 1 amide bonds. The maximum Gasteiger partial charge on any atom is 0.240 e. The monoisotopic (exact) mass is 322 g/mol. The van der Waals surface area contributed by atoms with Crippen LogP contribution in [0.4, 0.5) is 0 Å². The van der Waals surface area contributed by atoms with E-state index in [9.17, 15) is 9.90 Å². The van der Waals surface area contributed by atoms with Gasteiger partial charge in [0, 0.05) is 39.1 Å². The van der Waals surface area contributed by atoms with E-state index in [4.69, 9.17) is 4.52 Å². The van der Waals surface area contributed by atoms with Crippen LogP contribution in [0.2, 0.25) is 0 Å². The van der Waals surface area contributed by atoms with Gasteiger partial charge in [0.25, 0.3) is 0 Å². The summed E-state index contributed by atoms with van der Waals surface area (Å²) in [6.07, 6.45) is 3.04. The molecule has 1 aromatic heterocycles. The molecule has 0 unspecified atom stereocenters. The number of carbonyl (C=O) groups is 1. The van der Waals surface area contributed by atoms with Crippen molar-refractivity contribution in [3.63, 3.8) is 0 Å². The zero-order valence-corrected chi connectivity index (χ0v) is 14.0. The van der Waals surface area contributed by atoms with Crippen molar-refractivity contribution in [2.45, 2.75) is 39.7 Å². The number of aryl methyl sites for hydroxylation is 1. The highest BCUT2D eigenvalue weighted by Crippen LogP contribution is 2.45. The molecule has 1 N–H and O–H groups in total. The number of rotatable bonds is 3. The van der Waals surface area contributed by atoms with Gasteiger partial charge in [-0.15, -0.1) is 0 Å². The van der Waals surface area contributed by atoms with Gasteiger partial charge in [0.05, 0.1) is 6.54 Å². The molecule has 1 aromatic rings. The van der Waals surface area contributed by atoms with Gasteiger partial charge in [-0.2, -0.15) is 4.98 Å². The van der Waals surface area contributed by atoms with Crippen LogP contribution in [-0.4, -0.2) is 63.7 Å². The molecule has 0 aromatic carbocycles. The Morgan fingerprint density at radius 3 is 2.61 bits per heavy atom. The predicted octanol–water partition coefficient (Wildman–Crippen LogP) is 0.821. The second kappa shape index (κ2) is 6.57. The van der Waals surface area contributed by atoms with Crippen molar-refractivity contribution < 1.29 is 14.4 Å². The van der Waals surface area contributed by atoms with Gasteiger partial charge >= 0.3 is 0 Å². The lowest BCUT2D eigenvalue weighted by Gasteiger charge is -2.51. The largest absolute Gasteiger partial charge is 0.396 e. The average molecular weight is 322 g/mol. The van der Waals surface area contributed by atoms with Crippen molar-refractivity contribution >= 4 is 5.91 Å². The summed E-state index contributed by atoms with van der Waals surface area (Å²) in [6, 6.07) is 0. The Hall–Kier alpha value is -1.47. The highest BCUT2D eigenvalue weighted by atomic mass is 16.5. The fraction of sp³-hybridized carbons (Fsp3) is 0.812. The summed E-state index contributed by atoms with van der Waals surface area (Å²) in [5.41, 5.74) is 0.169. The lowest BCUT2D eigenvalue weighted by atomic mass is 9.64. The standard InChI is InChI=1S/C16H26N4O3/c1-12-17-15(23-18-12)10-19-6-3-16(14(9-19)11-21)4-7-20(8-5-16)13(2)22/h14,21H,3-11H2,1-2H3/t14-/m0/s1. The first kappa shape index (κ1) is 16.4. The van der Waals surface area contributed by atoms with Crippen LogP contribution in [-0.2, 0) is 11.3 Å². The van der Waals surface area contributed by atoms with Crippen LogP contribution in [0.1, 0.15) is 37.9 Å². The maximum atomic E-state index is 11.5. The van der Waals surface area contributed by atoms with E-state index in [1.54, 1.807) is 6.92 Å². The molecule has 1 spiro atoms. The molecule has 2 saturated heterocycles. The number of carbonyl (C=O) groups excluding carboxylic acids is 1. The number of aliphatic hydroxyl groups is 1. The van der Waals surface area contributed by atoms with Crippen LogP contribution in [0, 0.1) is 18.3 Å². The number of nitrogens with zero attached hydrogens (tertiary/aromatic N) is 4. The Bertz CT molecular complexity index is 551. The van der Waals surface area contributed by atoms with Gasteiger partial charge in [-0.1, -0.05) is 5.16 Å². The predicted molar refractivity (Wildman–Crippen MR) is 83.4 cm³/mol. The zero-order valence-electron chi connectivity index (χ0n) is 14.0. The number of aromatic nitrogens is 2. The zero-order chi connectivity index (χ0) is 16.4. The third-order valence-corrected chi connectivity index (χ3v) is 5.62. The summed E-state index contributed by atoms with van der Waals surface area (Å²) in [5, 5.41) is 13.7. The van der Waals surface area contributed by atoms with E-state index < -0.39 is 0 Å². The molecule has 7 heteroatoms. The van der Waals surface area contributed by atoms with Crippen molar-refractivity contribution in [2.75, 3.05) is 32.8 Å². The highest BCUT2D eigenvalue weighted by molar-refractivity contribution is 5.73. The minimum Gasteiger partial charge on any atom is -0.396 e. The molecular weight excluding hydrogens is 296 g/mol. The quantitative estimate of drug-likeness (QED) is 0.887. The second-order valence-electron chi connectivity index (χ2n) is 6.97. The molecule has 2 aliphatic heterocycles. The van der Waals surface area contributed by atoms with Crippen molar-refractivity contribution in [3.05, 3.63) is 11.7 Å². The summed E-state index contributed by atoms with van der Waals surface area (Å²) in [4.78, 5) is 20.0. The molecule has 23 heavy (non-hydrogen) atoms. The molecule has 128 valence electrons. The molecule has 2 fully saturated rings. The van der Waals surface area contributed by atoms with Gasteiger partial charge in [0.2, 0.25) is 11.8 Å². The van der Waals surface area contributed by atoms with Crippen LogP contribution in [0.5, 0.6) is 0 Å². The average Bonchev–Trinajstić information content (AvgIpc) is 2.95. The van der Waals surface area contributed by atoms with E-state index in [2.05, 4.69) is 15.0 Å². The second-order valence-corrected chi connectivity index (χ2v) is 6.97. The van der Waals surface area contributed by atoms with Crippen molar-refractivity contribution in [1.29, 1.82) is 0 Å². The van der Waals surface area contributed by atoms with Crippen molar-refractivity contribution in [2.24, 2.45) is 11.3 Å². The maximum absolute atomic E-state index is 11.5. The number of piperidine rings is 2. The van der Waals surface area contributed by atoms with E-state index in [1.165, 1.54) is 0 Å². The number of likely N-dealkylation sites (tertiary alicyclic amines) is 2. The number of aliphatic hydroxyl groups excluding tert-OH is 1. The minimum atomic E-state index is 0.157. The van der Waals surface area contributed by atoms with Crippen LogP contribution >= 0.6 is 0 Å². The molecule has 0 bridgehead atoms. The molecule has 2 aliphatic rings. The summed E-state index contributed by atoms with van der Waals surface area (Å²) < 4.78 is 5.20. The fourth-order valence-corrected chi connectivity index (χ4v) is 4.10. The molecule has 3 heterocycles.